The van der Waals surface area contributed by atoms with Crippen LogP contribution in [0.3, 0.4) is 0 Å². The average Bonchev–Trinajstić information content (AvgIpc) is 2.65. The molecular weight excluding hydrogens is 406 g/mol. The van der Waals surface area contributed by atoms with Gasteiger partial charge in [-0.3, -0.25) is 9.59 Å². The zero-order valence-corrected chi connectivity index (χ0v) is 21.2. The van der Waals surface area contributed by atoms with Gasteiger partial charge in [-0.15, -0.1) is 0 Å². The molecule has 0 spiro atoms. The van der Waals surface area contributed by atoms with E-state index in [1.54, 1.807) is 32.6 Å². The van der Waals surface area contributed by atoms with Crippen molar-refractivity contribution in [3.63, 3.8) is 0 Å². The summed E-state index contributed by atoms with van der Waals surface area (Å²) in [5.41, 5.74) is 2.04. The van der Waals surface area contributed by atoms with Gasteiger partial charge in [0.2, 0.25) is 11.8 Å². The first kappa shape index (κ1) is 27.5. The summed E-state index contributed by atoms with van der Waals surface area (Å²) in [7, 11) is 0. The van der Waals surface area contributed by atoms with Gasteiger partial charge in [0.15, 0.2) is 0 Å². The molecule has 0 heterocycles. The van der Waals surface area contributed by atoms with Crippen LogP contribution in [0.15, 0.2) is 18.2 Å². The van der Waals surface area contributed by atoms with Crippen LogP contribution in [0.4, 0.5) is 4.79 Å². The Kier molecular flexibility index (Phi) is 10.2. The molecule has 1 rings (SSSR count). The molecule has 0 aliphatic heterocycles. The fraction of sp³-hybridized carbons (Fsp3) is 0.640. The first-order valence-electron chi connectivity index (χ1n) is 11.4. The smallest absolute Gasteiger partial charge is 0.408 e. The Morgan fingerprint density at radius 2 is 1.72 bits per heavy atom. The number of ether oxygens (including phenoxy) is 1. The van der Waals surface area contributed by atoms with Crippen LogP contribution in [0.2, 0.25) is 0 Å². The minimum Gasteiger partial charge on any atom is -0.444 e. The minimum absolute atomic E-state index is 0.223. The Morgan fingerprint density at radius 1 is 1.09 bits per heavy atom. The Hall–Kier alpha value is -2.57. The second-order valence-corrected chi connectivity index (χ2v) is 9.61. The summed E-state index contributed by atoms with van der Waals surface area (Å²) >= 11 is 0. The number of nitrogens with zero attached hydrogens (tertiary/aromatic N) is 1. The number of nitrogens with one attached hydrogen (secondary N) is 2. The number of carbonyl (C=O) groups is 3. The van der Waals surface area contributed by atoms with E-state index in [4.69, 9.17) is 4.74 Å². The van der Waals surface area contributed by atoms with Crippen molar-refractivity contribution in [2.24, 2.45) is 0 Å². The van der Waals surface area contributed by atoms with Gasteiger partial charge >= 0.3 is 6.09 Å². The SMILES string of the molecule is CCCCNC(=O)C(c1cc(C)ccc1C)N(C(=O)C(C)NC(=O)OC(C)(C)C)C(C)C. The quantitative estimate of drug-likeness (QED) is 0.549. The molecule has 1 aromatic carbocycles. The topological polar surface area (TPSA) is 87.7 Å². The molecule has 0 aliphatic rings. The van der Waals surface area contributed by atoms with E-state index in [2.05, 4.69) is 17.6 Å². The third-order valence-corrected chi connectivity index (χ3v) is 5.00. The molecule has 32 heavy (non-hydrogen) atoms. The standard InChI is InChI=1S/C25H41N3O4/c1-10-11-14-26-22(29)21(20-15-17(4)12-13-18(20)5)28(16(2)3)23(30)19(6)27-24(31)32-25(7,8)9/h12-13,15-16,19,21H,10-11,14H2,1-9H3,(H,26,29)(H,27,31). The number of carbonyl (C=O) groups excluding carboxylic acids is 3. The van der Waals surface area contributed by atoms with Crippen molar-refractivity contribution in [1.29, 1.82) is 0 Å². The lowest BCUT2D eigenvalue weighted by atomic mass is 9.95. The van der Waals surface area contributed by atoms with Crippen LogP contribution in [-0.2, 0) is 14.3 Å². The highest BCUT2D eigenvalue weighted by atomic mass is 16.6. The van der Waals surface area contributed by atoms with Gasteiger partial charge in [0.25, 0.3) is 0 Å². The Morgan fingerprint density at radius 3 is 2.25 bits per heavy atom. The fourth-order valence-electron chi connectivity index (χ4n) is 3.41. The lowest BCUT2D eigenvalue weighted by Gasteiger charge is -2.37. The van der Waals surface area contributed by atoms with Crippen molar-refractivity contribution in [2.45, 2.75) is 98.9 Å². The zero-order chi connectivity index (χ0) is 24.6. The van der Waals surface area contributed by atoms with Crippen LogP contribution < -0.4 is 10.6 Å². The van der Waals surface area contributed by atoms with Crippen LogP contribution in [0.5, 0.6) is 0 Å². The molecule has 0 aliphatic carbocycles. The predicted octanol–water partition coefficient (Wildman–Crippen LogP) is 4.41. The Balaban J connectivity index is 3.31. The first-order chi connectivity index (χ1) is 14.8. The van der Waals surface area contributed by atoms with Crippen LogP contribution in [0.1, 0.15) is 84.0 Å². The lowest BCUT2D eigenvalue weighted by molar-refractivity contribution is -0.144. The third-order valence-electron chi connectivity index (χ3n) is 5.00. The largest absolute Gasteiger partial charge is 0.444 e. The summed E-state index contributed by atoms with van der Waals surface area (Å²) in [4.78, 5) is 40.6. The highest BCUT2D eigenvalue weighted by molar-refractivity contribution is 5.92. The maximum atomic E-state index is 13.5. The molecule has 2 N–H and O–H groups in total. The van der Waals surface area contributed by atoms with Crippen molar-refractivity contribution in [1.82, 2.24) is 15.5 Å². The van der Waals surface area contributed by atoms with Gasteiger partial charge in [-0.1, -0.05) is 37.1 Å². The normalized spacial score (nSPS) is 13.3. The Bertz CT molecular complexity index is 799. The third kappa shape index (κ3) is 8.17. The van der Waals surface area contributed by atoms with Gasteiger partial charge in [0.1, 0.15) is 17.7 Å². The molecule has 0 fully saturated rings. The first-order valence-corrected chi connectivity index (χ1v) is 11.4. The Labute approximate surface area is 193 Å². The van der Waals surface area contributed by atoms with E-state index in [0.29, 0.717) is 6.54 Å². The van der Waals surface area contributed by atoms with Gasteiger partial charge in [0.05, 0.1) is 0 Å². The molecule has 2 unspecified atom stereocenters. The summed E-state index contributed by atoms with van der Waals surface area (Å²) in [6.07, 6.45) is 1.15. The lowest BCUT2D eigenvalue weighted by Crippen LogP contribution is -2.54. The molecule has 0 bridgehead atoms. The van der Waals surface area contributed by atoms with Crippen LogP contribution in [0, 0.1) is 13.8 Å². The molecule has 7 nitrogen and oxygen atoms in total. The highest BCUT2D eigenvalue weighted by Gasteiger charge is 2.36. The minimum atomic E-state index is -0.858. The summed E-state index contributed by atoms with van der Waals surface area (Å²) in [5.74, 6) is -0.568. The van der Waals surface area contributed by atoms with Gasteiger partial charge in [-0.25, -0.2) is 4.79 Å². The number of unbranched alkanes of at least 4 members (excludes halogenated alkanes) is 1. The van der Waals surface area contributed by atoms with Gasteiger partial charge < -0.3 is 20.3 Å². The summed E-state index contributed by atoms with van der Waals surface area (Å²) in [5, 5.41) is 5.60. The number of alkyl carbamates (subject to hydrolysis) is 1. The van der Waals surface area contributed by atoms with Crippen molar-refractivity contribution in [3.8, 4) is 0 Å². The van der Waals surface area contributed by atoms with Crippen molar-refractivity contribution < 1.29 is 19.1 Å². The van der Waals surface area contributed by atoms with Crippen molar-refractivity contribution in [2.75, 3.05) is 6.54 Å². The second-order valence-electron chi connectivity index (χ2n) is 9.61. The van der Waals surface area contributed by atoms with E-state index in [1.807, 2.05) is 45.9 Å². The maximum absolute atomic E-state index is 13.5. The van der Waals surface area contributed by atoms with Crippen molar-refractivity contribution >= 4 is 17.9 Å². The molecule has 1 aromatic rings. The summed E-state index contributed by atoms with van der Waals surface area (Å²) in [6, 6.07) is 3.97. The molecule has 180 valence electrons. The monoisotopic (exact) mass is 447 g/mol. The van der Waals surface area contributed by atoms with E-state index in [-0.39, 0.29) is 17.9 Å². The number of rotatable bonds is 9. The highest BCUT2D eigenvalue weighted by Crippen LogP contribution is 2.28. The summed E-state index contributed by atoms with van der Waals surface area (Å²) < 4.78 is 5.29. The number of amides is 3. The number of hydrogen-bond acceptors (Lipinski definition) is 4. The van der Waals surface area contributed by atoms with Crippen LogP contribution in [-0.4, -0.2) is 47.0 Å². The van der Waals surface area contributed by atoms with E-state index in [9.17, 15) is 14.4 Å². The second kappa shape index (κ2) is 11.9. The molecule has 2 atom stereocenters. The van der Waals surface area contributed by atoms with E-state index >= 15 is 0 Å². The van der Waals surface area contributed by atoms with Crippen LogP contribution >= 0.6 is 0 Å². The molecule has 0 saturated carbocycles. The maximum Gasteiger partial charge on any atom is 0.408 e. The van der Waals surface area contributed by atoms with Crippen LogP contribution in [0.25, 0.3) is 0 Å². The molecular formula is C25H41N3O4. The fourth-order valence-corrected chi connectivity index (χ4v) is 3.41. The number of aryl methyl sites for hydroxylation is 2. The predicted molar refractivity (Wildman–Crippen MR) is 127 cm³/mol. The number of benzene rings is 1. The average molecular weight is 448 g/mol. The van der Waals surface area contributed by atoms with Crippen molar-refractivity contribution in [3.05, 3.63) is 34.9 Å². The van der Waals surface area contributed by atoms with Gasteiger partial charge in [-0.05, 0) is 72.9 Å². The molecule has 0 radical (unpaired) electrons. The molecule has 0 saturated heterocycles. The summed E-state index contributed by atoms with van der Waals surface area (Å²) in [6.45, 7) is 17.1. The van der Waals surface area contributed by atoms with E-state index in [1.165, 1.54) is 0 Å². The molecule has 7 heteroatoms. The van der Waals surface area contributed by atoms with E-state index < -0.39 is 23.8 Å². The van der Waals surface area contributed by atoms with Gasteiger partial charge in [0, 0.05) is 12.6 Å². The molecule has 3 amide bonds. The van der Waals surface area contributed by atoms with E-state index in [0.717, 1.165) is 29.5 Å². The molecule has 0 aromatic heterocycles. The zero-order valence-electron chi connectivity index (χ0n) is 21.2. The van der Waals surface area contributed by atoms with Gasteiger partial charge in [-0.2, -0.15) is 0 Å². The number of hydrogen-bond donors (Lipinski definition) is 2.